The number of ether oxygens (including phenoxy) is 2. The Labute approximate surface area is 151 Å². The van der Waals surface area contributed by atoms with E-state index in [1.54, 1.807) is 7.11 Å². The fourth-order valence-electron chi connectivity index (χ4n) is 2.36. The van der Waals surface area contributed by atoms with E-state index in [1.807, 2.05) is 42.3 Å². The summed E-state index contributed by atoms with van der Waals surface area (Å²) >= 11 is 0. The Morgan fingerprint density at radius 3 is 2.62 bits per heavy atom. The molecule has 9 heteroatoms. The third kappa shape index (κ3) is 4.57. The number of anilines is 2. The van der Waals surface area contributed by atoms with Gasteiger partial charge < -0.3 is 19.7 Å². The number of rotatable bonds is 10. The lowest BCUT2D eigenvalue weighted by Gasteiger charge is -2.20. The first-order valence-corrected chi connectivity index (χ1v) is 8.40. The number of methoxy groups -OCH3 is 1. The summed E-state index contributed by atoms with van der Waals surface area (Å²) in [6, 6.07) is 9.69. The molecule has 1 N–H and O–H groups in total. The van der Waals surface area contributed by atoms with E-state index in [-0.39, 0.29) is 0 Å². The predicted molar refractivity (Wildman–Crippen MR) is 97.6 cm³/mol. The Morgan fingerprint density at radius 1 is 1.08 bits per heavy atom. The average molecular weight is 358 g/mol. The average Bonchev–Trinajstić information content (AvgIpc) is 3.12. The zero-order valence-electron chi connectivity index (χ0n) is 14.9. The summed E-state index contributed by atoms with van der Waals surface area (Å²) in [5.74, 6) is 2.13. The van der Waals surface area contributed by atoms with E-state index < -0.39 is 0 Å². The molecule has 26 heavy (non-hydrogen) atoms. The van der Waals surface area contributed by atoms with Gasteiger partial charge in [-0.3, -0.25) is 0 Å². The minimum Gasteiger partial charge on any atom is -0.492 e. The second-order valence-electron chi connectivity index (χ2n) is 5.66. The number of nitrogens with zero attached hydrogens (tertiary/aromatic N) is 5. The molecule has 0 aliphatic carbocycles. The van der Waals surface area contributed by atoms with Gasteiger partial charge >= 0.3 is 0 Å². The van der Waals surface area contributed by atoms with Crippen molar-refractivity contribution in [3.05, 3.63) is 30.3 Å². The summed E-state index contributed by atoms with van der Waals surface area (Å²) in [5.41, 5.74) is 0.746. The summed E-state index contributed by atoms with van der Waals surface area (Å²) in [6.07, 6.45) is 0.855. The maximum Gasteiger partial charge on any atom is 0.245 e. The fourth-order valence-corrected chi connectivity index (χ4v) is 2.36. The molecule has 0 aliphatic heterocycles. The van der Waals surface area contributed by atoms with Crippen LogP contribution in [-0.4, -0.2) is 60.7 Å². The second kappa shape index (κ2) is 8.95. The lowest BCUT2D eigenvalue weighted by molar-refractivity contribution is 0.198. The van der Waals surface area contributed by atoms with Crippen molar-refractivity contribution in [2.45, 2.75) is 6.42 Å². The highest BCUT2D eigenvalue weighted by Gasteiger charge is 2.16. The van der Waals surface area contributed by atoms with Gasteiger partial charge in [0.25, 0.3) is 0 Å². The van der Waals surface area contributed by atoms with Gasteiger partial charge in [-0.1, -0.05) is 18.2 Å². The molecule has 2 heterocycles. The van der Waals surface area contributed by atoms with Crippen LogP contribution in [0, 0.1) is 0 Å². The lowest BCUT2D eigenvalue weighted by Crippen LogP contribution is -2.26. The topological polar surface area (TPSA) is 98.4 Å². The lowest BCUT2D eigenvalue weighted by atomic mass is 10.3. The molecule has 0 unspecified atom stereocenters. The Morgan fingerprint density at radius 2 is 1.85 bits per heavy atom. The molecule has 0 fully saturated rings. The van der Waals surface area contributed by atoms with E-state index in [9.17, 15) is 0 Å². The predicted octanol–water partition coefficient (Wildman–Crippen LogP) is 1.98. The van der Waals surface area contributed by atoms with Gasteiger partial charge in [-0.2, -0.15) is 0 Å². The quantitative estimate of drug-likeness (QED) is 0.545. The van der Waals surface area contributed by atoms with Crippen LogP contribution >= 0.6 is 0 Å². The monoisotopic (exact) mass is 358 g/mol. The molecule has 0 spiro atoms. The van der Waals surface area contributed by atoms with Gasteiger partial charge in [0.15, 0.2) is 11.6 Å². The zero-order chi connectivity index (χ0) is 18.2. The van der Waals surface area contributed by atoms with Gasteiger partial charge in [-0.15, -0.1) is 0 Å². The molecule has 0 atom stereocenters. The zero-order valence-corrected chi connectivity index (χ0v) is 14.9. The molecule has 0 saturated carbocycles. The molecule has 0 amide bonds. The van der Waals surface area contributed by atoms with Crippen molar-refractivity contribution < 1.29 is 14.1 Å². The highest BCUT2D eigenvalue weighted by Crippen LogP contribution is 2.22. The van der Waals surface area contributed by atoms with Crippen LogP contribution in [0.4, 0.5) is 11.6 Å². The molecular weight excluding hydrogens is 336 g/mol. The standard InChI is InChI=1S/C17H22N6O3/c1-23(10-12-25-13-7-4-3-5-8-13)17-16(18-9-6-11-24-2)19-14-15(20-17)22-26-21-14/h3-5,7-8H,6,9-12H2,1-2H3,(H,18,19,21). The number of hydrogen-bond donors (Lipinski definition) is 1. The molecule has 2 aromatic heterocycles. The first-order chi connectivity index (χ1) is 12.8. The van der Waals surface area contributed by atoms with Gasteiger partial charge in [-0.25, -0.2) is 14.6 Å². The van der Waals surface area contributed by atoms with E-state index in [1.165, 1.54) is 0 Å². The summed E-state index contributed by atoms with van der Waals surface area (Å²) in [5, 5.41) is 10.8. The van der Waals surface area contributed by atoms with Gasteiger partial charge in [0, 0.05) is 27.3 Å². The molecule has 0 aliphatic rings. The van der Waals surface area contributed by atoms with Crippen LogP contribution in [0.3, 0.4) is 0 Å². The van der Waals surface area contributed by atoms with Crippen LogP contribution in [0.15, 0.2) is 35.0 Å². The number of hydrogen-bond acceptors (Lipinski definition) is 9. The van der Waals surface area contributed by atoms with Crippen molar-refractivity contribution in [3.63, 3.8) is 0 Å². The van der Waals surface area contributed by atoms with Gasteiger partial charge in [-0.05, 0) is 28.9 Å². The molecule has 0 radical (unpaired) electrons. The minimum absolute atomic E-state index is 0.372. The molecule has 3 rings (SSSR count). The van der Waals surface area contributed by atoms with Crippen LogP contribution in [0.5, 0.6) is 5.75 Å². The number of benzene rings is 1. The first-order valence-electron chi connectivity index (χ1n) is 8.40. The van der Waals surface area contributed by atoms with Crippen LogP contribution in [0.25, 0.3) is 11.3 Å². The van der Waals surface area contributed by atoms with Crippen molar-refractivity contribution in [3.8, 4) is 5.75 Å². The van der Waals surface area contributed by atoms with Gasteiger partial charge in [0.05, 0.1) is 6.54 Å². The number of likely N-dealkylation sites (N-methyl/N-ethyl adjacent to an activating group) is 1. The van der Waals surface area contributed by atoms with E-state index >= 15 is 0 Å². The smallest absolute Gasteiger partial charge is 0.245 e. The maximum atomic E-state index is 5.75. The van der Waals surface area contributed by atoms with Gasteiger partial charge in [0.2, 0.25) is 11.3 Å². The summed E-state index contributed by atoms with van der Waals surface area (Å²) < 4.78 is 15.5. The van der Waals surface area contributed by atoms with Crippen molar-refractivity contribution in [2.24, 2.45) is 0 Å². The van der Waals surface area contributed by atoms with Crippen molar-refractivity contribution in [1.82, 2.24) is 20.3 Å². The molecule has 1 aromatic carbocycles. The Hall–Kier alpha value is -2.94. The van der Waals surface area contributed by atoms with Crippen molar-refractivity contribution >= 4 is 22.9 Å². The number of nitrogens with one attached hydrogen (secondary N) is 1. The Bertz CT molecular complexity index is 811. The molecule has 9 nitrogen and oxygen atoms in total. The summed E-state index contributed by atoms with van der Waals surface area (Å²) in [7, 11) is 3.61. The SMILES string of the molecule is COCCCNc1nc2nonc2nc1N(C)CCOc1ccccc1. The normalized spacial score (nSPS) is 10.8. The van der Waals surface area contributed by atoms with Crippen molar-refractivity contribution in [1.29, 1.82) is 0 Å². The molecule has 0 saturated heterocycles. The van der Waals surface area contributed by atoms with Crippen molar-refractivity contribution in [2.75, 3.05) is 50.7 Å². The Kier molecular flexibility index (Phi) is 6.15. The van der Waals surface area contributed by atoms with E-state index in [0.29, 0.717) is 49.2 Å². The third-order valence-corrected chi connectivity index (χ3v) is 3.71. The van der Waals surface area contributed by atoms with Gasteiger partial charge in [0.1, 0.15) is 12.4 Å². The van der Waals surface area contributed by atoms with Crippen LogP contribution in [0.1, 0.15) is 6.42 Å². The summed E-state index contributed by atoms with van der Waals surface area (Å²) in [4.78, 5) is 10.9. The van der Waals surface area contributed by atoms with E-state index in [0.717, 1.165) is 12.2 Å². The highest BCUT2D eigenvalue weighted by molar-refractivity contribution is 5.73. The Balaban J connectivity index is 1.67. The highest BCUT2D eigenvalue weighted by atomic mass is 16.6. The number of aromatic nitrogens is 4. The second-order valence-corrected chi connectivity index (χ2v) is 5.66. The van der Waals surface area contributed by atoms with E-state index in [2.05, 4.69) is 25.6 Å². The van der Waals surface area contributed by atoms with Crippen LogP contribution in [0.2, 0.25) is 0 Å². The van der Waals surface area contributed by atoms with Crippen LogP contribution in [-0.2, 0) is 4.74 Å². The van der Waals surface area contributed by atoms with E-state index in [4.69, 9.17) is 14.1 Å². The molecule has 138 valence electrons. The molecular formula is C17H22N6O3. The molecule has 3 aromatic rings. The van der Waals surface area contributed by atoms with Crippen LogP contribution < -0.4 is 15.0 Å². The largest absolute Gasteiger partial charge is 0.492 e. The number of para-hydroxylation sites is 1. The maximum absolute atomic E-state index is 5.75. The first kappa shape index (κ1) is 17.9. The molecule has 0 bridgehead atoms. The minimum atomic E-state index is 0.372. The summed E-state index contributed by atoms with van der Waals surface area (Å²) in [6.45, 7) is 2.53. The third-order valence-electron chi connectivity index (χ3n) is 3.71. The number of fused-ring (bicyclic) bond motifs is 1. The fraction of sp³-hybridized carbons (Fsp3) is 0.412.